The van der Waals surface area contributed by atoms with Crippen molar-refractivity contribution in [2.24, 2.45) is 0 Å². The van der Waals surface area contributed by atoms with Crippen LogP contribution in [0.3, 0.4) is 0 Å². The smallest absolute Gasteiger partial charge is 0.250 e. The van der Waals surface area contributed by atoms with Crippen LogP contribution in [0.1, 0.15) is 11.1 Å². The van der Waals surface area contributed by atoms with Crippen molar-refractivity contribution < 1.29 is 4.74 Å². The van der Waals surface area contributed by atoms with Gasteiger partial charge < -0.3 is 10.1 Å². The minimum absolute atomic E-state index is 0.352. The molecule has 1 N–H and O–H groups in total. The van der Waals surface area contributed by atoms with Crippen molar-refractivity contribution in [3.05, 3.63) is 74.0 Å². The fourth-order valence-corrected chi connectivity index (χ4v) is 2.74. The zero-order valence-electron chi connectivity index (χ0n) is 13.3. The molecule has 3 rings (SSSR count). The highest BCUT2D eigenvalue weighted by Gasteiger charge is 2.22. The van der Waals surface area contributed by atoms with E-state index in [1.165, 1.54) is 0 Å². The van der Waals surface area contributed by atoms with E-state index in [1.807, 2.05) is 26.0 Å². The Kier molecular flexibility index (Phi) is 3.74. The fraction of sp³-hybridized carbons (Fsp3) is 0.158. The number of anilines is 2. The standard InChI is InChI=1S/C19H17NO3/c1-11-8-12(2)10-14(9-11)20-17-16(18(21)19(17)22)13-4-6-15(23-3)7-5-13/h4-10,20H,1-3H3. The van der Waals surface area contributed by atoms with Gasteiger partial charge in [0.2, 0.25) is 5.43 Å². The number of aryl methyl sites for hydroxylation is 2. The molecule has 3 aromatic carbocycles. The van der Waals surface area contributed by atoms with Gasteiger partial charge in [-0.25, -0.2) is 0 Å². The zero-order chi connectivity index (χ0) is 16.6. The van der Waals surface area contributed by atoms with Crippen molar-refractivity contribution in [2.45, 2.75) is 13.8 Å². The maximum atomic E-state index is 12.0. The molecule has 0 aliphatic heterocycles. The van der Waals surface area contributed by atoms with Crippen LogP contribution in [0.4, 0.5) is 11.4 Å². The molecule has 0 aliphatic rings. The molecule has 23 heavy (non-hydrogen) atoms. The lowest BCUT2D eigenvalue weighted by molar-refractivity contribution is 0.415. The van der Waals surface area contributed by atoms with Crippen LogP contribution in [-0.4, -0.2) is 7.11 Å². The molecule has 0 aliphatic carbocycles. The number of hydrogen-bond donors (Lipinski definition) is 1. The summed E-state index contributed by atoms with van der Waals surface area (Å²) >= 11 is 0. The maximum absolute atomic E-state index is 12.0. The van der Waals surface area contributed by atoms with E-state index >= 15 is 0 Å². The summed E-state index contributed by atoms with van der Waals surface area (Å²) < 4.78 is 5.11. The van der Waals surface area contributed by atoms with Crippen LogP contribution < -0.4 is 20.9 Å². The minimum Gasteiger partial charge on any atom is -0.497 e. The first-order chi connectivity index (χ1) is 11.0. The molecule has 0 spiro atoms. The Bertz CT molecular complexity index is 912. The minimum atomic E-state index is -0.477. The molecule has 4 nitrogen and oxygen atoms in total. The third-order valence-electron chi connectivity index (χ3n) is 3.78. The number of benzene rings is 2. The Labute approximate surface area is 134 Å². The quantitative estimate of drug-likeness (QED) is 0.751. The molecular weight excluding hydrogens is 290 g/mol. The van der Waals surface area contributed by atoms with Gasteiger partial charge >= 0.3 is 0 Å². The number of methoxy groups -OCH3 is 1. The second kappa shape index (κ2) is 5.72. The Morgan fingerprint density at radius 3 is 2.04 bits per heavy atom. The summed E-state index contributed by atoms with van der Waals surface area (Å²) in [6, 6.07) is 13.0. The fourth-order valence-electron chi connectivity index (χ4n) is 2.74. The highest BCUT2D eigenvalue weighted by Crippen LogP contribution is 2.28. The Morgan fingerprint density at radius 1 is 0.870 bits per heavy atom. The molecule has 116 valence electrons. The van der Waals surface area contributed by atoms with Crippen LogP contribution in [0.25, 0.3) is 11.1 Å². The molecule has 0 heterocycles. The van der Waals surface area contributed by atoms with Gasteiger partial charge in [-0.15, -0.1) is 0 Å². The first-order valence-electron chi connectivity index (χ1n) is 7.32. The molecule has 0 radical (unpaired) electrons. The monoisotopic (exact) mass is 307 g/mol. The van der Waals surface area contributed by atoms with E-state index in [0.717, 1.165) is 16.8 Å². The second-order valence-corrected chi connectivity index (χ2v) is 5.64. The summed E-state index contributed by atoms with van der Waals surface area (Å²) in [5, 5.41) is 3.10. The van der Waals surface area contributed by atoms with E-state index < -0.39 is 10.9 Å². The maximum Gasteiger partial charge on any atom is 0.250 e. The first-order valence-corrected chi connectivity index (χ1v) is 7.32. The third kappa shape index (κ3) is 2.75. The van der Waals surface area contributed by atoms with E-state index in [-0.39, 0.29) is 0 Å². The van der Waals surface area contributed by atoms with Gasteiger partial charge in [-0.2, -0.15) is 0 Å². The zero-order valence-corrected chi connectivity index (χ0v) is 13.3. The lowest BCUT2D eigenvalue weighted by Crippen LogP contribution is -2.35. The van der Waals surface area contributed by atoms with Crippen LogP contribution in [0, 0.1) is 13.8 Å². The topological polar surface area (TPSA) is 55.4 Å². The van der Waals surface area contributed by atoms with Gasteiger partial charge in [0.05, 0.1) is 12.7 Å². The molecule has 0 saturated heterocycles. The van der Waals surface area contributed by atoms with Crippen molar-refractivity contribution in [2.75, 3.05) is 12.4 Å². The SMILES string of the molecule is COc1ccc(-c2c(Nc3cc(C)cc(C)c3)c(=O)c2=O)cc1. The largest absolute Gasteiger partial charge is 0.497 e. The van der Waals surface area contributed by atoms with Crippen LogP contribution in [0.5, 0.6) is 5.75 Å². The number of rotatable bonds is 4. The van der Waals surface area contributed by atoms with Crippen molar-refractivity contribution in [1.82, 2.24) is 0 Å². The molecule has 0 atom stereocenters. The Morgan fingerprint density at radius 2 is 1.48 bits per heavy atom. The summed E-state index contributed by atoms with van der Waals surface area (Å²) in [5.74, 6) is 0.705. The van der Waals surface area contributed by atoms with Crippen LogP contribution in [0.15, 0.2) is 52.1 Å². The molecule has 0 unspecified atom stereocenters. The molecule has 0 aromatic heterocycles. The number of hydrogen-bond acceptors (Lipinski definition) is 4. The summed E-state index contributed by atoms with van der Waals surface area (Å²) in [6.07, 6.45) is 0. The van der Waals surface area contributed by atoms with Crippen molar-refractivity contribution in [3.8, 4) is 16.9 Å². The molecule has 0 amide bonds. The van der Waals surface area contributed by atoms with Gasteiger partial charge in [-0.3, -0.25) is 9.59 Å². The first kappa shape index (κ1) is 15.0. The molecule has 0 saturated carbocycles. The van der Waals surface area contributed by atoms with Gasteiger partial charge in [0.15, 0.2) is 0 Å². The molecule has 0 fully saturated rings. The lowest BCUT2D eigenvalue weighted by atomic mass is 9.98. The van der Waals surface area contributed by atoms with Crippen LogP contribution in [-0.2, 0) is 0 Å². The van der Waals surface area contributed by atoms with Gasteiger partial charge in [-0.05, 0) is 54.8 Å². The summed E-state index contributed by atoms with van der Waals surface area (Å²) in [6.45, 7) is 3.98. The summed E-state index contributed by atoms with van der Waals surface area (Å²) in [5.41, 5.74) is 3.56. The van der Waals surface area contributed by atoms with Crippen molar-refractivity contribution >= 4 is 11.4 Å². The molecule has 3 aromatic rings. The van der Waals surface area contributed by atoms with Gasteiger partial charge in [0.1, 0.15) is 11.4 Å². The summed E-state index contributed by atoms with van der Waals surface area (Å²) in [7, 11) is 1.58. The third-order valence-corrected chi connectivity index (χ3v) is 3.78. The van der Waals surface area contributed by atoms with Crippen molar-refractivity contribution in [1.29, 1.82) is 0 Å². The Balaban J connectivity index is 1.99. The Hall–Kier alpha value is -2.88. The number of ether oxygens (including phenoxy) is 1. The van der Waals surface area contributed by atoms with E-state index in [4.69, 9.17) is 4.74 Å². The van der Waals surface area contributed by atoms with E-state index in [2.05, 4.69) is 11.4 Å². The van der Waals surface area contributed by atoms with Crippen LogP contribution in [0.2, 0.25) is 0 Å². The molecular formula is C19H17NO3. The predicted molar refractivity (Wildman–Crippen MR) is 92.5 cm³/mol. The lowest BCUT2D eigenvalue weighted by Gasteiger charge is -2.14. The van der Waals surface area contributed by atoms with Gasteiger partial charge in [0.25, 0.3) is 5.43 Å². The highest BCUT2D eigenvalue weighted by molar-refractivity contribution is 5.85. The molecule has 0 bridgehead atoms. The van der Waals surface area contributed by atoms with Crippen molar-refractivity contribution in [3.63, 3.8) is 0 Å². The average Bonchev–Trinajstić information content (AvgIpc) is 2.53. The van der Waals surface area contributed by atoms with Gasteiger partial charge in [-0.1, -0.05) is 18.2 Å². The van der Waals surface area contributed by atoms with Crippen LogP contribution >= 0.6 is 0 Å². The van der Waals surface area contributed by atoms with E-state index in [0.29, 0.717) is 22.6 Å². The summed E-state index contributed by atoms with van der Waals surface area (Å²) in [4.78, 5) is 23.9. The average molecular weight is 307 g/mol. The van der Waals surface area contributed by atoms with Gasteiger partial charge in [0, 0.05) is 5.69 Å². The normalized spacial score (nSPS) is 10.7. The second-order valence-electron chi connectivity index (χ2n) is 5.64. The number of nitrogens with one attached hydrogen (secondary N) is 1. The molecule has 4 heteroatoms. The predicted octanol–water partition coefficient (Wildman–Crippen LogP) is 3.32. The van der Waals surface area contributed by atoms with E-state index in [9.17, 15) is 9.59 Å². The highest BCUT2D eigenvalue weighted by atomic mass is 16.5. The van der Waals surface area contributed by atoms with E-state index in [1.54, 1.807) is 31.4 Å².